The van der Waals surface area contributed by atoms with Crippen molar-refractivity contribution in [3.05, 3.63) is 82.6 Å². The SMILES string of the molecule is O=[N+]([O-])c1ccc(-n2cccc2/C=N\NC(=S)NCc2ccco2)cc1. The fourth-order valence-corrected chi connectivity index (χ4v) is 2.37. The minimum absolute atomic E-state index is 0.0470. The minimum Gasteiger partial charge on any atom is -0.467 e. The van der Waals surface area contributed by atoms with Crippen LogP contribution in [0.3, 0.4) is 0 Å². The molecule has 0 saturated carbocycles. The van der Waals surface area contributed by atoms with Crippen LogP contribution in [-0.4, -0.2) is 20.8 Å². The standard InChI is InChI=1S/C17H15N5O3S/c23-22(24)14-7-5-13(6-8-14)21-9-1-3-15(21)11-19-20-17(26)18-12-16-4-2-10-25-16/h1-11H,12H2,(H2,18,20,26)/b19-11-. The van der Waals surface area contributed by atoms with Crippen molar-refractivity contribution >= 4 is 29.2 Å². The number of nitrogens with one attached hydrogen (secondary N) is 2. The first-order valence-corrected chi connectivity index (χ1v) is 8.06. The van der Waals surface area contributed by atoms with Gasteiger partial charge in [-0.05, 0) is 48.6 Å². The van der Waals surface area contributed by atoms with E-state index >= 15 is 0 Å². The fourth-order valence-electron chi connectivity index (χ4n) is 2.25. The zero-order chi connectivity index (χ0) is 18.4. The number of hydrogen-bond acceptors (Lipinski definition) is 5. The van der Waals surface area contributed by atoms with Gasteiger partial charge >= 0.3 is 0 Å². The molecule has 26 heavy (non-hydrogen) atoms. The van der Waals surface area contributed by atoms with Crippen LogP contribution in [0.2, 0.25) is 0 Å². The van der Waals surface area contributed by atoms with E-state index in [2.05, 4.69) is 15.8 Å². The van der Waals surface area contributed by atoms with Crippen molar-refractivity contribution in [1.82, 2.24) is 15.3 Å². The van der Waals surface area contributed by atoms with Crippen LogP contribution in [0, 0.1) is 10.1 Å². The van der Waals surface area contributed by atoms with Gasteiger partial charge in [0.05, 0.1) is 29.6 Å². The Balaban J connectivity index is 1.60. The molecule has 0 aliphatic carbocycles. The third kappa shape index (κ3) is 4.33. The molecule has 0 fully saturated rings. The largest absolute Gasteiger partial charge is 0.467 e. The Labute approximate surface area is 154 Å². The summed E-state index contributed by atoms with van der Waals surface area (Å²) < 4.78 is 7.06. The second-order valence-electron chi connectivity index (χ2n) is 5.21. The van der Waals surface area contributed by atoms with E-state index in [1.54, 1.807) is 30.7 Å². The van der Waals surface area contributed by atoms with Gasteiger partial charge in [0.1, 0.15) is 5.76 Å². The minimum atomic E-state index is -0.428. The number of nitro groups is 1. The third-order valence-corrected chi connectivity index (χ3v) is 3.72. The monoisotopic (exact) mass is 369 g/mol. The second kappa shape index (κ2) is 8.08. The molecule has 2 aromatic heterocycles. The highest BCUT2D eigenvalue weighted by atomic mass is 32.1. The van der Waals surface area contributed by atoms with Crippen LogP contribution in [0.15, 0.2) is 70.5 Å². The molecule has 0 amide bonds. The van der Waals surface area contributed by atoms with Gasteiger partial charge in [-0.1, -0.05) is 0 Å². The molecule has 3 aromatic rings. The molecular formula is C17H15N5O3S. The van der Waals surface area contributed by atoms with E-state index in [-0.39, 0.29) is 5.69 Å². The summed E-state index contributed by atoms with van der Waals surface area (Å²) in [7, 11) is 0. The number of furan rings is 1. The maximum Gasteiger partial charge on any atom is 0.269 e. The van der Waals surface area contributed by atoms with Crippen LogP contribution in [0.1, 0.15) is 11.5 Å². The lowest BCUT2D eigenvalue weighted by atomic mass is 10.3. The molecule has 8 nitrogen and oxygen atoms in total. The Kier molecular flexibility index (Phi) is 5.40. The summed E-state index contributed by atoms with van der Waals surface area (Å²) in [5, 5.41) is 18.2. The lowest BCUT2D eigenvalue weighted by molar-refractivity contribution is -0.384. The molecule has 132 valence electrons. The number of rotatable bonds is 6. The molecule has 0 spiro atoms. The number of hydrazone groups is 1. The highest BCUT2D eigenvalue weighted by molar-refractivity contribution is 7.80. The van der Waals surface area contributed by atoms with Gasteiger partial charge in [0.2, 0.25) is 0 Å². The number of thiocarbonyl (C=S) groups is 1. The second-order valence-corrected chi connectivity index (χ2v) is 5.62. The van der Waals surface area contributed by atoms with Gasteiger partial charge < -0.3 is 14.3 Å². The average Bonchev–Trinajstić information content (AvgIpc) is 3.32. The summed E-state index contributed by atoms with van der Waals surface area (Å²) in [5.74, 6) is 0.769. The molecule has 2 heterocycles. The van der Waals surface area contributed by atoms with Gasteiger partial charge in [0, 0.05) is 24.0 Å². The normalized spacial score (nSPS) is 10.8. The first-order valence-electron chi connectivity index (χ1n) is 7.65. The summed E-state index contributed by atoms with van der Waals surface area (Å²) in [5.41, 5.74) is 4.36. The van der Waals surface area contributed by atoms with Crippen LogP contribution in [0.25, 0.3) is 5.69 Å². The Hall–Kier alpha value is -3.46. The Morgan fingerprint density at radius 1 is 1.27 bits per heavy atom. The maximum atomic E-state index is 10.7. The van der Waals surface area contributed by atoms with Crippen molar-refractivity contribution in [2.24, 2.45) is 5.10 Å². The van der Waals surface area contributed by atoms with E-state index in [1.807, 2.05) is 29.0 Å². The Morgan fingerprint density at radius 3 is 2.77 bits per heavy atom. The van der Waals surface area contributed by atoms with Crippen molar-refractivity contribution in [2.45, 2.75) is 6.54 Å². The number of aromatic nitrogens is 1. The van der Waals surface area contributed by atoms with Crippen molar-refractivity contribution < 1.29 is 9.34 Å². The fraction of sp³-hybridized carbons (Fsp3) is 0.0588. The predicted molar refractivity (Wildman–Crippen MR) is 101 cm³/mol. The molecular weight excluding hydrogens is 354 g/mol. The highest BCUT2D eigenvalue weighted by Gasteiger charge is 2.06. The first-order chi connectivity index (χ1) is 12.6. The lowest BCUT2D eigenvalue weighted by Crippen LogP contribution is -2.31. The molecule has 0 atom stereocenters. The summed E-state index contributed by atoms with van der Waals surface area (Å²) in [6.07, 6.45) is 5.05. The van der Waals surface area contributed by atoms with Crippen LogP contribution in [0.5, 0.6) is 0 Å². The molecule has 0 aliphatic rings. The molecule has 0 bridgehead atoms. The van der Waals surface area contributed by atoms with Crippen LogP contribution in [0.4, 0.5) is 5.69 Å². The van der Waals surface area contributed by atoms with Crippen LogP contribution in [-0.2, 0) is 6.54 Å². The maximum absolute atomic E-state index is 10.7. The molecule has 0 radical (unpaired) electrons. The van der Waals surface area contributed by atoms with Gasteiger partial charge in [-0.2, -0.15) is 5.10 Å². The molecule has 9 heteroatoms. The van der Waals surface area contributed by atoms with Gasteiger partial charge in [-0.15, -0.1) is 0 Å². The predicted octanol–water partition coefficient (Wildman–Crippen LogP) is 2.98. The zero-order valence-corrected chi connectivity index (χ0v) is 14.3. The Bertz CT molecular complexity index is 916. The topological polar surface area (TPSA) is 97.6 Å². The molecule has 1 aromatic carbocycles. The number of non-ortho nitro benzene ring substituents is 1. The smallest absolute Gasteiger partial charge is 0.269 e. The number of nitro benzene ring substituents is 1. The molecule has 3 rings (SSSR count). The van der Waals surface area contributed by atoms with Gasteiger partial charge in [-0.3, -0.25) is 15.5 Å². The van der Waals surface area contributed by atoms with Gasteiger partial charge in [0.15, 0.2) is 5.11 Å². The number of benzene rings is 1. The highest BCUT2D eigenvalue weighted by Crippen LogP contribution is 2.16. The molecule has 0 unspecified atom stereocenters. The van der Waals surface area contributed by atoms with E-state index in [1.165, 1.54) is 12.1 Å². The summed E-state index contributed by atoms with van der Waals surface area (Å²) >= 11 is 5.14. The number of hydrogen-bond donors (Lipinski definition) is 2. The van der Waals surface area contributed by atoms with Crippen LogP contribution < -0.4 is 10.7 Å². The molecule has 0 saturated heterocycles. The molecule has 2 N–H and O–H groups in total. The molecule has 0 aliphatic heterocycles. The summed E-state index contributed by atoms with van der Waals surface area (Å²) in [6, 6.07) is 13.7. The zero-order valence-electron chi connectivity index (χ0n) is 13.5. The summed E-state index contributed by atoms with van der Waals surface area (Å²) in [4.78, 5) is 10.3. The third-order valence-electron chi connectivity index (χ3n) is 3.49. The van der Waals surface area contributed by atoms with E-state index in [9.17, 15) is 10.1 Å². The quantitative estimate of drug-likeness (QED) is 0.300. The van der Waals surface area contributed by atoms with E-state index in [0.29, 0.717) is 11.7 Å². The van der Waals surface area contributed by atoms with Crippen molar-refractivity contribution in [3.63, 3.8) is 0 Å². The number of nitrogens with zero attached hydrogens (tertiary/aromatic N) is 3. The van der Waals surface area contributed by atoms with Crippen molar-refractivity contribution in [3.8, 4) is 5.69 Å². The van der Waals surface area contributed by atoms with Crippen molar-refractivity contribution in [2.75, 3.05) is 0 Å². The lowest BCUT2D eigenvalue weighted by Gasteiger charge is -2.07. The average molecular weight is 369 g/mol. The van der Waals surface area contributed by atoms with E-state index < -0.39 is 4.92 Å². The van der Waals surface area contributed by atoms with Gasteiger partial charge in [0.25, 0.3) is 5.69 Å². The summed E-state index contributed by atoms with van der Waals surface area (Å²) in [6.45, 7) is 0.466. The van der Waals surface area contributed by atoms with E-state index in [4.69, 9.17) is 16.6 Å². The van der Waals surface area contributed by atoms with E-state index in [0.717, 1.165) is 17.1 Å². The Morgan fingerprint density at radius 2 is 2.08 bits per heavy atom. The first kappa shape index (κ1) is 17.4. The van der Waals surface area contributed by atoms with Crippen molar-refractivity contribution in [1.29, 1.82) is 0 Å². The van der Waals surface area contributed by atoms with Crippen LogP contribution >= 0.6 is 12.2 Å². The van der Waals surface area contributed by atoms with Gasteiger partial charge in [-0.25, -0.2) is 0 Å².